The standard InChI is InChI=1S/C37H71NO4/c1-3-5-7-9-11-13-15-17-19-21-23-25-27-29-31-35(40)34(33-39)38-37(42)36(41)32-30-28-26-24-22-20-18-16-14-12-10-8-6-4-2/h14,16,29,31,34-36,39-41H,3-13,15,17-28,30,32-33H2,1-2H3,(H,38,42)/b16-14-,31-29+. The summed E-state index contributed by atoms with van der Waals surface area (Å²) in [6, 6.07) is -0.796. The minimum Gasteiger partial charge on any atom is -0.394 e. The third-order valence-corrected chi connectivity index (χ3v) is 8.29. The molecule has 0 aliphatic rings. The molecule has 3 atom stereocenters. The molecule has 0 aliphatic carbocycles. The molecule has 4 N–H and O–H groups in total. The highest BCUT2D eigenvalue weighted by Gasteiger charge is 2.22. The summed E-state index contributed by atoms with van der Waals surface area (Å²) < 4.78 is 0. The predicted octanol–water partition coefficient (Wildman–Crippen LogP) is 9.48. The molecule has 248 valence electrons. The number of carbonyl (C=O) groups excluding carboxylic acids is 1. The molecule has 1 amide bonds. The number of carbonyl (C=O) groups is 1. The first-order valence-electron chi connectivity index (χ1n) is 18.2. The predicted molar refractivity (Wildman–Crippen MR) is 181 cm³/mol. The Morgan fingerprint density at radius 3 is 1.40 bits per heavy atom. The van der Waals surface area contributed by atoms with Crippen LogP contribution in [0.1, 0.15) is 181 Å². The molecule has 0 heterocycles. The lowest BCUT2D eigenvalue weighted by molar-refractivity contribution is -0.131. The van der Waals surface area contributed by atoms with Crippen LogP contribution in [0.5, 0.6) is 0 Å². The lowest BCUT2D eigenvalue weighted by Crippen LogP contribution is -2.48. The van der Waals surface area contributed by atoms with Crippen LogP contribution in [0, 0.1) is 0 Å². The van der Waals surface area contributed by atoms with E-state index < -0.39 is 24.2 Å². The summed E-state index contributed by atoms with van der Waals surface area (Å²) in [6.07, 6.45) is 37.6. The van der Waals surface area contributed by atoms with Gasteiger partial charge in [-0.25, -0.2) is 0 Å². The van der Waals surface area contributed by atoms with Gasteiger partial charge in [-0.2, -0.15) is 0 Å². The van der Waals surface area contributed by atoms with Crippen molar-refractivity contribution in [2.24, 2.45) is 0 Å². The molecule has 0 spiro atoms. The Kier molecular flexibility index (Phi) is 31.8. The van der Waals surface area contributed by atoms with Crippen molar-refractivity contribution < 1.29 is 20.1 Å². The fourth-order valence-corrected chi connectivity index (χ4v) is 5.35. The Hall–Kier alpha value is -1.17. The highest BCUT2D eigenvalue weighted by molar-refractivity contribution is 5.80. The van der Waals surface area contributed by atoms with Gasteiger partial charge in [-0.1, -0.05) is 160 Å². The average Bonchev–Trinajstić information content (AvgIpc) is 2.99. The van der Waals surface area contributed by atoms with Crippen LogP contribution in [0.15, 0.2) is 24.3 Å². The molecule has 3 unspecified atom stereocenters. The summed E-state index contributed by atoms with van der Waals surface area (Å²) in [5.41, 5.74) is 0. The zero-order chi connectivity index (χ0) is 30.9. The Labute approximate surface area is 261 Å². The number of hydrogen-bond acceptors (Lipinski definition) is 4. The van der Waals surface area contributed by atoms with Crippen LogP contribution in [-0.4, -0.2) is 46.1 Å². The van der Waals surface area contributed by atoms with Crippen molar-refractivity contribution >= 4 is 5.91 Å². The van der Waals surface area contributed by atoms with Gasteiger partial charge in [-0.3, -0.25) is 4.79 Å². The van der Waals surface area contributed by atoms with Crippen LogP contribution < -0.4 is 5.32 Å². The third kappa shape index (κ3) is 27.7. The number of aliphatic hydroxyl groups excluding tert-OH is 3. The zero-order valence-corrected chi connectivity index (χ0v) is 27.9. The van der Waals surface area contributed by atoms with E-state index in [-0.39, 0.29) is 6.61 Å². The van der Waals surface area contributed by atoms with Crippen LogP contribution in [0.4, 0.5) is 0 Å². The number of aliphatic hydroxyl groups is 3. The molecule has 0 radical (unpaired) electrons. The second kappa shape index (κ2) is 32.7. The van der Waals surface area contributed by atoms with E-state index in [2.05, 4.69) is 31.3 Å². The van der Waals surface area contributed by atoms with Crippen LogP contribution in [0.3, 0.4) is 0 Å². The van der Waals surface area contributed by atoms with Gasteiger partial charge in [0.15, 0.2) is 0 Å². The first kappa shape index (κ1) is 40.8. The van der Waals surface area contributed by atoms with Crippen LogP contribution in [0.25, 0.3) is 0 Å². The lowest BCUT2D eigenvalue weighted by atomic mass is 10.0. The molecule has 0 aromatic heterocycles. The Balaban J connectivity index is 3.77. The van der Waals surface area contributed by atoms with E-state index in [1.165, 1.54) is 128 Å². The van der Waals surface area contributed by atoms with Gasteiger partial charge < -0.3 is 20.6 Å². The number of hydrogen-bond donors (Lipinski definition) is 4. The summed E-state index contributed by atoms with van der Waals surface area (Å²) in [5.74, 6) is -0.510. The van der Waals surface area contributed by atoms with Crippen molar-refractivity contribution in [3.63, 3.8) is 0 Å². The summed E-state index contributed by atoms with van der Waals surface area (Å²) in [4.78, 5) is 12.4. The topological polar surface area (TPSA) is 89.8 Å². The quantitative estimate of drug-likeness (QED) is 0.0462. The number of allylic oxidation sites excluding steroid dienone is 3. The monoisotopic (exact) mass is 594 g/mol. The molecule has 5 nitrogen and oxygen atoms in total. The van der Waals surface area contributed by atoms with E-state index >= 15 is 0 Å². The van der Waals surface area contributed by atoms with E-state index in [0.717, 1.165) is 32.1 Å². The molecule has 0 bridgehead atoms. The lowest BCUT2D eigenvalue weighted by Gasteiger charge is -2.21. The van der Waals surface area contributed by atoms with E-state index in [9.17, 15) is 20.1 Å². The molecular formula is C37H71NO4. The van der Waals surface area contributed by atoms with E-state index in [1.54, 1.807) is 6.08 Å². The van der Waals surface area contributed by atoms with Crippen molar-refractivity contribution in [1.29, 1.82) is 0 Å². The fraction of sp³-hybridized carbons (Fsp3) is 0.865. The van der Waals surface area contributed by atoms with E-state index in [0.29, 0.717) is 6.42 Å². The van der Waals surface area contributed by atoms with Crippen molar-refractivity contribution in [3.05, 3.63) is 24.3 Å². The van der Waals surface area contributed by atoms with Crippen molar-refractivity contribution in [2.45, 2.75) is 199 Å². The van der Waals surface area contributed by atoms with E-state index in [1.807, 2.05) is 6.08 Å². The fourth-order valence-electron chi connectivity index (χ4n) is 5.35. The van der Waals surface area contributed by atoms with Crippen molar-refractivity contribution in [1.82, 2.24) is 5.32 Å². The number of unbranched alkanes of at least 4 members (excludes halogenated alkanes) is 22. The van der Waals surface area contributed by atoms with Crippen molar-refractivity contribution in [2.75, 3.05) is 6.61 Å². The van der Waals surface area contributed by atoms with Gasteiger partial charge in [0.1, 0.15) is 6.10 Å². The Morgan fingerprint density at radius 2 is 0.952 bits per heavy atom. The average molecular weight is 594 g/mol. The molecule has 0 aliphatic heterocycles. The summed E-state index contributed by atoms with van der Waals surface area (Å²) >= 11 is 0. The molecule has 0 fully saturated rings. The van der Waals surface area contributed by atoms with Gasteiger partial charge in [0, 0.05) is 0 Å². The molecule has 0 aromatic rings. The Bertz CT molecular complexity index is 621. The third-order valence-electron chi connectivity index (χ3n) is 8.29. The van der Waals surface area contributed by atoms with Gasteiger partial charge in [-0.15, -0.1) is 0 Å². The highest BCUT2D eigenvalue weighted by atomic mass is 16.3. The molecule has 0 saturated heterocycles. The maximum Gasteiger partial charge on any atom is 0.249 e. The first-order chi connectivity index (χ1) is 20.6. The molecule has 42 heavy (non-hydrogen) atoms. The molecule has 0 rings (SSSR count). The Morgan fingerprint density at radius 1 is 0.571 bits per heavy atom. The van der Waals surface area contributed by atoms with Crippen LogP contribution >= 0.6 is 0 Å². The highest BCUT2D eigenvalue weighted by Crippen LogP contribution is 2.14. The van der Waals surface area contributed by atoms with Gasteiger partial charge in [-0.05, 0) is 44.9 Å². The van der Waals surface area contributed by atoms with Gasteiger partial charge in [0.25, 0.3) is 0 Å². The number of amides is 1. The number of nitrogens with one attached hydrogen (secondary N) is 1. The van der Waals surface area contributed by atoms with E-state index in [4.69, 9.17) is 0 Å². The smallest absolute Gasteiger partial charge is 0.249 e. The largest absolute Gasteiger partial charge is 0.394 e. The second-order valence-corrected chi connectivity index (χ2v) is 12.4. The van der Waals surface area contributed by atoms with Gasteiger partial charge in [0.05, 0.1) is 18.8 Å². The summed E-state index contributed by atoms with van der Waals surface area (Å²) in [5, 5.41) is 32.9. The maximum atomic E-state index is 12.4. The molecular weight excluding hydrogens is 522 g/mol. The molecule has 0 aromatic carbocycles. The molecule has 5 heteroatoms. The van der Waals surface area contributed by atoms with Crippen molar-refractivity contribution in [3.8, 4) is 0 Å². The van der Waals surface area contributed by atoms with Gasteiger partial charge in [0.2, 0.25) is 5.91 Å². The van der Waals surface area contributed by atoms with Crippen LogP contribution in [-0.2, 0) is 4.79 Å². The minimum atomic E-state index is -1.10. The SMILES string of the molecule is CCCCCC/C=C\CCCCCCCCC(O)C(=O)NC(CO)C(O)/C=C/CCCCCCCCCCCCCC. The molecule has 0 saturated carbocycles. The van der Waals surface area contributed by atoms with Gasteiger partial charge >= 0.3 is 0 Å². The zero-order valence-electron chi connectivity index (χ0n) is 27.9. The summed E-state index contributed by atoms with van der Waals surface area (Å²) in [7, 11) is 0. The minimum absolute atomic E-state index is 0.364. The number of rotatable bonds is 32. The summed E-state index contributed by atoms with van der Waals surface area (Å²) in [6.45, 7) is 4.14. The second-order valence-electron chi connectivity index (χ2n) is 12.4. The first-order valence-corrected chi connectivity index (χ1v) is 18.2. The van der Waals surface area contributed by atoms with Crippen LogP contribution in [0.2, 0.25) is 0 Å². The maximum absolute atomic E-state index is 12.4. The normalized spacial score (nSPS) is 14.1.